The van der Waals surface area contributed by atoms with Crippen molar-refractivity contribution in [3.05, 3.63) is 48.3 Å². The monoisotopic (exact) mass is 310 g/mol. The second-order valence-electron chi connectivity index (χ2n) is 4.36. The maximum atomic E-state index is 13.3. The molecule has 0 saturated heterocycles. The van der Waals surface area contributed by atoms with E-state index in [1.807, 2.05) is 0 Å². The number of ether oxygens (including phenoxy) is 1. The molecule has 0 aliphatic carbocycles. The van der Waals surface area contributed by atoms with Crippen molar-refractivity contribution >= 4 is 21.4 Å². The average Bonchev–Trinajstić information content (AvgIpc) is 2.45. The highest BCUT2D eigenvalue weighted by Gasteiger charge is 2.25. The zero-order chi connectivity index (χ0) is 15.6. The molecular weight excluding hydrogens is 295 g/mol. The molecule has 0 aliphatic rings. The first kappa shape index (κ1) is 15.1. The molecule has 7 heteroatoms. The van der Waals surface area contributed by atoms with E-state index < -0.39 is 15.8 Å². The lowest BCUT2D eigenvalue weighted by Crippen LogP contribution is -2.27. The van der Waals surface area contributed by atoms with Crippen LogP contribution in [0.2, 0.25) is 0 Å². The number of anilines is 2. The van der Waals surface area contributed by atoms with Gasteiger partial charge >= 0.3 is 0 Å². The van der Waals surface area contributed by atoms with Crippen molar-refractivity contribution < 1.29 is 17.5 Å². The molecule has 0 atom stereocenters. The summed E-state index contributed by atoms with van der Waals surface area (Å²) in [4.78, 5) is -0.0361. The number of nitrogens with two attached hydrogens (primary N) is 1. The molecule has 2 aromatic carbocycles. The number of halogens is 1. The summed E-state index contributed by atoms with van der Waals surface area (Å²) in [7, 11) is -1.18. The molecule has 0 amide bonds. The van der Waals surface area contributed by atoms with Gasteiger partial charge in [-0.3, -0.25) is 4.31 Å². The van der Waals surface area contributed by atoms with Crippen LogP contribution in [0.1, 0.15) is 0 Å². The number of methoxy groups -OCH3 is 1. The third-order valence-electron chi connectivity index (χ3n) is 3.00. The van der Waals surface area contributed by atoms with Gasteiger partial charge < -0.3 is 10.5 Å². The van der Waals surface area contributed by atoms with Gasteiger partial charge in [0.15, 0.2) is 0 Å². The molecule has 5 nitrogen and oxygen atoms in total. The van der Waals surface area contributed by atoms with Gasteiger partial charge in [0.1, 0.15) is 16.5 Å². The van der Waals surface area contributed by atoms with Crippen LogP contribution in [0.25, 0.3) is 0 Å². The molecule has 2 N–H and O–H groups in total. The van der Waals surface area contributed by atoms with Gasteiger partial charge in [-0.25, -0.2) is 12.8 Å². The molecular formula is C14H15FN2O3S. The number of hydrogen-bond donors (Lipinski definition) is 1. The highest BCUT2D eigenvalue weighted by Crippen LogP contribution is 2.30. The fourth-order valence-corrected chi connectivity index (χ4v) is 3.18. The maximum Gasteiger partial charge on any atom is 0.267 e. The summed E-state index contributed by atoms with van der Waals surface area (Å²) >= 11 is 0. The van der Waals surface area contributed by atoms with E-state index in [-0.39, 0.29) is 16.3 Å². The SMILES string of the molecule is COc1cc(N)ccc1S(=O)(=O)N(C)c1cccc(F)c1. The Balaban J connectivity index is 2.52. The Bertz CT molecular complexity index is 763. The standard InChI is InChI=1S/C14H15FN2O3S/c1-17(12-5-3-4-10(15)8-12)21(18,19)14-7-6-11(16)9-13(14)20-2/h3-9H,16H2,1-2H3. The minimum Gasteiger partial charge on any atom is -0.495 e. The van der Waals surface area contributed by atoms with E-state index in [4.69, 9.17) is 10.5 Å². The van der Waals surface area contributed by atoms with Gasteiger partial charge in [0.25, 0.3) is 10.0 Å². The fourth-order valence-electron chi connectivity index (χ4n) is 1.86. The van der Waals surface area contributed by atoms with Crippen LogP contribution in [0.4, 0.5) is 15.8 Å². The summed E-state index contributed by atoms with van der Waals surface area (Å²) < 4.78 is 44.5. The Morgan fingerprint density at radius 1 is 1.19 bits per heavy atom. The van der Waals surface area contributed by atoms with Crippen molar-refractivity contribution in [3.8, 4) is 5.75 Å². The lowest BCUT2D eigenvalue weighted by Gasteiger charge is -2.21. The second-order valence-corrected chi connectivity index (χ2v) is 6.30. The minimum absolute atomic E-state index is 0.0361. The lowest BCUT2D eigenvalue weighted by atomic mass is 10.3. The molecule has 0 bridgehead atoms. The van der Waals surface area contributed by atoms with Crippen molar-refractivity contribution in [1.29, 1.82) is 0 Å². The first-order valence-corrected chi connectivity index (χ1v) is 7.48. The van der Waals surface area contributed by atoms with Crippen LogP contribution in [0.3, 0.4) is 0 Å². The van der Waals surface area contributed by atoms with Crippen LogP contribution >= 0.6 is 0 Å². The molecule has 0 unspecified atom stereocenters. The molecule has 112 valence electrons. The molecule has 0 saturated carbocycles. The van der Waals surface area contributed by atoms with Crippen LogP contribution in [0.5, 0.6) is 5.75 Å². The maximum absolute atomic E-state index is 13.3. The Morgan fingerprint density at radius 3 is 2.52 bits per heavy atom. The Labute approximate surface area is 122 Å². The molecule has 0 spiro atoms. The van der Waals surface area contributed by atoms with E-state index in [9.17, 15) is 12.8 Å². The first-order chi connectivity index (χ1) is 9.86. The van der Waals surface area contributed by atoms with Crippen molar-refractivity contribution in [2.24, 2.45) is 0 Å². The van der Waals surface area contributed by atoms with Crippen LogP contribution in [-0.2, 0) is 10.0 Å². The minimum atomic E-state index is -3.88. The molecule has 2 aromatic rings. The predicted octanol–water partition coefficient (Wildman–Crippen LogP) is 2.24. The first-order valence-electron chi connectivity index (χ1n) is 6.04. The molecule has 21 heavy (non-hydrogen) atoms. The number of hydrogen-bond acceptors (Lipinski definition) is 4. The van der Waals surface area contributed by atoms with Gasteiger partial charge in [-0.05, 0) is 30.3 Å². The zero-order valence-corrected chi connectivity index (χ0v) is 12.4. The van der Waals surface area contributed by atoms with E-state index >= 15 is 0 Å². The summed E-state index contributed by atoms with van der Waals surface area (Å²) in [5.41, 5.74) is 6.22. The van der Waals surface area contributed by atoms with Gasteiger partial charge in [0, 0.05) is 18.8 Å². The Kier molecular flexibility index (Phi) is 4.04. The molecule has 0 aliphatic heterocycles. The molecule has 0 heterocycles. The predicted molar refractivity (Wildman–Crippen MR) is 79.4 cm³/mol. The third-order valence-corrected chi connectivity index (χ3v) is 4.82. The Morgan fingerprint density at radius 2 is 1.90 bits per heavy atom. The second kappa shape index (κ2) is 5.61. The number of rotatable bonds is 4. The zero-order valence-electron chi connectivity index (χ0n) is 11.6. The van der Waals surface area contributed by atoms with Gasteiger partial charge in [0.05, 0.1) is 12.8 Å². The normalized spacial score (nSPS) is 11.2. The molecule has 2 rings (SSSR count). The van der Waals surface area contributed by atoms with E-state index in [0.29, 0.717) is 5.69 Å². The van der Waals surface area contributed by atoms with E-state index in [1.165, 1.54) is 50.6 Å². The summed E-state index contributed by atoms with van der Waals surface area (Å²) in [5, 5.41) is 0. The third kappa shape index (κ3) is 2.92. The molecule has 0 aromatic heterocycles. The van der Waals surface area contributed by atoms with E-state index in [1.54, 1.807) is 0 Å². The van der Waals surface area contributed by atoms with Gasteiger partial charge in [0.2, 0.25) is 0 Å². The van der Waals surface area contributed by atoms with Crippen molar-refractivity contribution in [2.45, 2.75) is 4.90 Å². The quantitative estimate of drug-likeness (QED) is 0.879. The number of nitrogens with zero attached hydrogens (tertiary/aromatic N) is 1. The van der Waals surface area contributed by atoms with Gasteiger partial charge in [-0.15, -0.1) is 0 Å². The summed E-state index contributed by atoms with van der Waals surface area (Å²) in [6, 6.07) is 9.58. The molecule has 0 radical (unpaired) electrons. The number of nitrogen functional groups attached to an aromatic ring is 1. The number of sulfonamides is 1. The highest BCUT2D eigenvalue weighted by molar-refractivity contribution is 7.92. The molecule has 0 fully saturated rings. The lowest BCUT2D eigenvalue weighted by molar-refractivity contribution is 0.403. The van der Waals surface area contributed by atoms with Gasteiger partial charge in [-0.1, -0.05) is 6.07 Å². The van der Waals surface area contributed by atoms with Crippen LogP contribution < -0.4 is 14.8 Å². The Hall–Kier alpha value is -2.28. The van der Waals surface area contributed by atoms with Crippen LogP contribution in [-0.4, -0.2) is 22.6 Å². The van der Waals surface area contributed by atoms with Crippen molar-refractivity contribution in [1.82, 2.24) is 0 Å². The fraction of sp³-hybridized carbons (Fsp3) is 0.143. The van der Waals surface area contributed by atoms with E-state index in [2.05, 4.69) is 0 Å². The highest BCUT2D eigenvalue weighted by atomic mass is 32.2. The topological polar surface area (TPSA) is 72.6 Å². The van der Waals surface area contributed by atoms with Crippen LogP contribution in [0.15, 0.2) is 47.4 Å². The summed E-state index contributed by atoms with van der Waals surface area (Å²) in [6.45, 7) is 0. The van der Waals surface area contributed by atoms with Crippen molar-refractivity contribution in [2.75, 3.05) is 24.2 Å². The van der Waals surface area contributed by atoms with Crippen LogP contribution in [0, 0.1) is 5.82 Å². The number of benzene rings is 2. The summed E-state index contributed by atoms with van der Waals surface area (Å²) in [6.07, 6.45) is 0. The summed E-state index contributed by atoms with van der Waals surface area (Å²) in [5.74, 6) is -0.378. The largest absolute Gasteiger partial charge is 0.495 e. The van der Waals surface area contributed by atoms with Gasteiger partial charge in [-0.2, -0.15) is 0 Å². The average molecular weight is 310 g/mol. The van der Waals surface area contributed by atoms with Crippen molar-refractivity contribution in [3.63, 3.8) is 0 Å². The smallest absolute Gasteiger partial charge is 0.267 e. The van der Waals surface area contributed by atoms with E-state index in [0.717, 1.165) is 10.4 Å².